The minimum atomic E-state index is -0.132. The van der Waals surface area contributed by atoms with Crippen molar-refractivity contribution in [2.75, 3.05) is 36.4 Å². The molecule has 1 fully saturated rings. The average Bonchev–Trinajstić information content (AvgIpc) is 2.99. The van der Waals surface area contributed by atoms with Gasteiger partial charge in [0, 0.05) is 42.8 Å². The van der Waals surface area contributed by atoms with Crippen molar-refractivity contribution in [1.29, 1.82) is 0 Å². The first-order chi connectivity index (χ1) is 18.7. The van der Waals surface area contributed by atoms with E-state index in [1.165, 1.54) is 11.1 Å². The molecule has 2 heterocycles. The topological polar surface area (TPSA) is 48.5 Å². The molecule has 5 heteroatoms. The number of carbonyl (C=O) groups excluding carboxylic acids is 1. The highest BCUT2D eigenvalue weighted by molar-refractivity contribution is 6.05. The van der Waals surface area contributed by atoms with Crippen molar-refractivity contribution in [1.82, 2.24) is 9.88 Å². The molecule has 5 nitrogen and oxygen atoms in total. The maximum absolute atomic E-state index is 12.9. The van der Waals surface area contributed by atoms with E-state index in [0.717, 1.165) is 42.8 Å². The first-order valence-corrected chi connectivity index (χ1v) is 13.1. The number of carbonyl (C=O) groups is 1. The number of nitrogens with one attached hydrogen (secondary N) is 1. The zero-order chi connectivity index (χ0) is 25.7. The Balaban J connectivity index is 1.11. The molecule has 0 unspecified atom stereocenters. The lowest BCUT2D eigenvalue weighted by molar-refractivity contribution is 0.102. The molecule has 6 rings (SSSR count). The zero-order valence-corrected chi connectivity index (χ0v) is 21.2. The van der Waals surface area contributed by atoms with Gasteiger partial charge in [-0.3, -0.25) is 14.7 Å². The second-order valence-corrected chi connectivity index (χ2v) is 9.66. The quantitative estimate of drug-likeness (QED) is 0.294. The van der Waals surface area contributed by atoms with Gasteiger partial charge >= 0.3 is 0 Å². The summed E-state index contributed by atoms with van der Waals surface area (Å²) in [6, 6.07) is 39.5. The van der Waals surface area contributed by atoms with E-state index in [1.807, 2.05) is 42.5 Å². The predicted octanol–water partition coefficient (Wildman–Crippen LogP) is 6.40. The highest BCUT2D eigenvalue weighted by Crippen LogP contribution is 2.30. The summed E-state index contributed by atoms with van der Waals surface area (Å²) in [5, 5.41) is 3.98. The van der Waals surface area contributed by atoms with Crippen molar-refractivity contribution in [2.45, 2.75) is 6.04 Å². The number of anilines is 2. The Morgan fingerprint density at radius 3 is 1.97 bits per heavy atom. The van der Waals surface area contributed by atoms with Crippen LogP contribution in [0.1, 0.15) is 27.5 Å². The van der Waals surface area contributed by atoms with E-state index in [0.29, 0.717) is 11.3 Å². The number of hydrogen-bond acceptors (Lipinski definition) is 4. The molecular formula is C33H30N4O. The van der Waals surface area contributed by atoms with Crippen LogP contribution in [0.25, 0.3) is 10.9 Å². The lowest BCUT2D eigenvalue weighted by atomic mass is 9.96. The molecule has 0 saturated carbocycles. The monoisotopic (exact) mass is 498 g/mol. The van der Waals surface area contributed by atoms with Gasteiger partial charge < -0.3 is 10.2 Å². The van der Waals surface area contributed by atoms with Crippen LogP contribution in [0.15, 0.2) is 121 Å². The first-order valence-electron chi connectivity index (χ1n) is 13.1. The van der Waals surface area contributed by atoms with Crippen LogP contribution in [0.2, 0.25) is 0 Å². The maximum atomic E-state index is 12.9. The number of piperazine rings is 1. The standard InChI is InChI=1S/C33H30N4O/c38-33(35-29-23-28-13-7-8-14-31(28)34-24-29)27-15-17-30(18-16-27)36-19-21-37(22-20-36)32(25-9-3-1-4-10-25)26-11-5-2-6-12-26/h1-18,23-24,32H,19-22H2,(H,35,38). The van der Waals surface area contributed by atoms with E-state index in [2.05, 4.69) is 92.9 Å². The third-order valence-corrected chi connectivity index (χ3v) is 7.25. The molecule has 1 N–H and O–H groups in total. The third-order valence-electron chi connectivity index (χ3n) is 7.25. The molecule has 1 aliphatic heterocycles. The van der Waals surface area contributed by atoms with Crippen LogP contribution in [-0.4, -0.2) is 42.0 Å². The van der Waals surface area contributed by atoms with Crippen molar-refractivity contribution in [3.8, 4) is 0 Å². The van der Waals surface area contributed by atoms with Gasteiger partial charge in [-0.1, -0.05) is 78.9 Å². The van der Waals surface area contributed by atoms with Gasteiger partial charge in [-0.2, -0.15) is 0 Å². The average molecular weight is 499 g/mol. The number of fused-ring (bicyclic) bond motifs is 1. The molecule has 1 saturated heterocycles. The minimum Gasteiger partial charge on any atom is -0.369 e. The molecule has 0 spiro atoms. The Kier molecular flexibility index (Phi) is 6.83. The number of amides is 1. The number of aromatic nitrogens is 1. The van der Waals surface area contributed by atoms with E-state index >= 15 is 0 Å². The highest BCUT2D eigenvalue weighted by Gasteiger charge is 2.26. The van der Waals surface area contributed by atoms with Crippen LogP contribution in [-0.2, 0) is 0 Å². The molecular weight excluding hydrogens is 468 g/mol. The molecule has 1 aromatic heterocycles. The summed E-state index contributed by atoms with van der Waals surface area (Å²) in [4.78, 5) is 22.3. The number of nitrogens with zero attached hydrogens (tertiary/aromatic N) is 3. The molecule has 0 radical (unpaired) electrons. The van der Waals surface area contributed by atoms with Gasteiger partial charge in [0.15, 0.2) is 0 Å². The van der Waals surface area contributed by atoms with Crippen molar-refractivity contribution >= 4 is 28.2 Å². The molecule has 4 aromatic carbocycles. The molecule has 0 aliphatic carbocycles. The van der Waals surface area contributed by atoms with Crippen molar-refractivity contribution in [3.05, 3.63) is 138 Å². The first kappa shape index (κ1) is 23.9. The van der Waals surface area contributed by atoms with Crippen LogP contribution in [0.5, 0.6) is 0 Å². The summed E-state index contributed by atoms with van der Waals surface area (Å²) < 4.78 is 0. The molecule has 0 atom stereocenters. The Morgan fingerprint density at radius 2 is 1.32 bits per heavy atom. The largest absolute Gasteiger partial charge is 0.369 e. The molecule has 1 amide bonds. The summed E-state index contributed by atoms with van der Waals surface area (Å²) in [7, 11) is 0. The minimum absolute atomic E-state index is 0.132. The lowest BCUT2D eigenvalue weighted by Gasteiger charge is -2.40. The van der Waals surface area contributed by atoms with Gasteiger partial charge in [0.25, 0.3) is 5.91 Å². The van der Waals surface area contributed by atoms with Gasteiger partial charge in [-0.05, 0) is 47.5 Å². The van der Waals surface area contributed by atoms with Gasteiger partial charge in [0.2, 0.25) is 0 Å². The smallest absolute Gasteiger partial charge is 0.255 e. The summed E-state index contributed by atoms with van der Waals surface area (Å²) in [6.07, 6.45) is 1.70. The molecule has 5 aromatic rings. The predicted molar refractivity (Wildman–Crippen MR) is 155 cm³/mol. The Hall–Kier alpha value is -4.48. The number of rotatable bonds is 6. The van der Waals surface area contributed by atoms with Crippen LogP contribution < -0.4 is 10.2 Å². The second kappa shape index (κ2) is 10.9. The Morgan fingerprint density at radius 1 is 0.711 bits per heavy atom. The summed E-state index contributed by atoms with van der Waals surface area (Å²) >= 11 is 0. The summed E-state index contributed by atoms with van der Waals surface area (Å²) in [5.41, 5.74) is 6.03. The van der Waals surface area contributed by atoms with E-state index < -0.39 is 0 Å². The number of pyridine rings is 1. The van der Waals surface area contributed by atoms with Crippen LogP contribution >= 0.6 is 0 Å². The molecule has 1 aliphatic rings. The van der Waals surface area contributed by atoms with Gasteiger partial charge in [0.1, 0.15) is 0 Å². The van der Waals surface area contributed by atoms with Gasteiger partial charge in [-0.25, -0.2) is 0 Å². The van der Waals surface area contributed by atoms with Crippen molar-refractivity contribution in [2.24, 2.45) is 0 Å². The van der Waals surface area contributed by atoms with Crippen LogP contribution in [0.4, 0.5) is 11.4 Å². The summed E-state index contributed by atoms with van der Waals surface area (Å²) in [6.45, 7) is 3.80. The fraction of sp³-hybridized carbons (Fsp3) is 0.152. The Labute approximate surface area is 223 Å². The van der Waals surface area contributed by atoms with E-state index in [4.69, 9.17) is 0 Å². The van der Waals surface area contributed by atoms with Crippen LogP contribution in [0.3, 0.4) is 0 Å². The van der Waals surface area contributed by atoms with E-state index in [9.17, 15) is 4.79 Å². The summed E-state index contributed by atoms with van der Waals surface area (Å²) in [5.74, 6) is -0.132. The van der Waals surface area contributed by atoms with E-state index in [-0.39, 0.29) is 11.9 Å². The van der Waals surface area contributed by atoms with Crippen molar-refractivity contribution in [3.63, 3.8) is 0 Å². The van der Waals surface area contributed by atoms with Crippen LogP contribution in [0, 0.1) is 0 Å². The number of hydrogen-bond donors (Lipinski definition) is 1. The molecule has 0 bridgehead atoms. The second-order valence-electron chi connectivity index (χ2n) is 9.66. The number of benzene rings is 4. The molecule has 38 heavy (non-hydrogen) atoms. The fourth-order valence-corrected chi connectivity index (χ4v) is 5.29. The third kappa shape index (κ3) is 5.15. The number of para-hydroxylation sites is 1. The van der Waals surface area contributed by atoms with E-state index in [1.54, 1.807) is 6.20 Å². The van der Waals surface area contributed by atoms with Crippen molar-refractivity contribution < 1.29 is 4.79 Å². The SMILES string of the molecule is O=C(Nc1cnc2ccccc2c1)c1ccc(N2CCN(C(c3ccccc3)c3ccccc3)CC2)cc1. The van der Waals surface area contributed by atoms with Gasteiger partial charge in [0.05, 0.1) is 23.4 Å². The zero-order valence-electron chi connectivity index (χ0n) is 21.2. The normalized spacial score (nSPS) is 14.1. The van der Waals surface area contributed by atoms with Gasteiger partial charge in [-0.15, -0.1) is 0 Å². The molecule has 188 valence electrons. The lowest BCUT2D eigenvalue weighted by Crippen LogP contribution is -2.48. The maximum Gasteiger partial charge on any atom is 0.255 e. The fourth-order valence-electron chi connectivity index (χ4n) is 5.29. The highest BCUT2D eigenvalue weighted by atomic mass is 16.1. The Bertz CT molecular complexity index is 1470.